The number of carboxylic acids is 1. The number of aromatic nitrogens is 1. The molecule has 2 N–H and O–H groups in total. The molecule has 0 aliphatic carbocycles. The van der Waals surface area contributed by atoms with Gasteiger partial charge in [0.1, 0.15) is 11.9 Å². The molecule has 260 valence electrons. The summed E-state index contributed by atoms with van der Waals surface area (Å²) in [6, 6.07) is 6.20. The molecule has 1 aliphatic heterocycles. The number of carbonyl (C=O) groups is 2. The fourth-order valence-corrected chi connectivity index (χ4v) is 6.41. The summed E-state index contributed by atoms with van der Waals surface area (Å²) in [5.41, 5.74) is 0.538. The Balaban J connectivity index is 1.74. The van der Waals surface area contributed by atoms with E-state index in [9.17, 15) is 32.7 Å². The van der Waals surface area contributed by atoms with Crippen LogP contribution in [0.25, 0.3) is 11.1 Å². The molecule has 1 aromatic heterocycles. The number of hydrogen-bond donors (Lipinski definition) is 2. The topological polar surface area (TPSA) is 101 Å². The lowest BCUT2D eigenvalue weighted by Crippen LogP contribution is -2.52. The number of aliphatic carboxylic acids is 1. The second-order valence-electron chi connectivity index (χ2n) is 12.8. The molecule has 0 saturated carbocycles. The summed E-state index contributed by atoms with van der Waals surface area (Å²) in [5.74, 6) is -3.32. The van der Waals surface area contributed by atoms with Crippen molar-refractivity contribution < 1.29 is 37.0 Å². The lowest BCUT2D eigenvalue weighted by Gasteiger charge is -2.38. The Hall–Kier alpha value is -3.74. The standard InChI is InChI=1S/C35H40ClF4N3O5/c1-19(2)11-29(43-16-22(9-10-42-17-24(18-42)48-5)26(14-30(43)44)35(38,39)40)34(47)41-28(15-31(45)46)25-12-23(13-27(36)33(25)37)32-20(3)7-6-8-21(32)4/h6-8,12-14,16,19,24,28-29H,9-11,15,17-18H2,1-5H3,(H,41,47)(H,45,46). The molecule has 2 atom stereocenters. The van der Waals surface area contributed by atoms with Gasteiger partial charge in [-0.05, 0) is 72.6 Å². The largest absolute Gasteiger partial charge is 0.481 e. The van der Waals surface area contributed by atoms with E-state index in [2.05, 4.69) is 5.32 Å². The van der Waals surface area contributed by atoms with Crippen molar-refractivity contribution in [1.82, 2.24) is 14.8 Å². The normalized spacial score (nSPS) is 15.3. The number of nitrogens with zero attached hydrogens (tertiary/aromatic N) is 2. The summed E-state index contributed by atoms with van der Waals surface area (Å²) in [6.07, 6.45) is -4.48. The lowest BCUT2D eigenvalue weighted by molar-refractivity contribution is -0.139. The lowest BCUT2D eigenvalue weighted by atomic mass is 9.92. The van der Waals surface area contributed by atoms with Crippen LogP contribution in [-0.2, 0) is 26.9 Å². The molecule has 8 nitrogen and oxygen atoms in total. The molecule has 1 aliphatic rings. The number of carboxylic acid groups (broad SMARTS) is 1. The van der Waals surface area contributed by atoms with Crippen molar-refractivity contribution in [1.29, 1.82) is 0 Å². The summed E-state index contributed by atoms with van der Waals surface area (Å²) in [7, 11) is 1.56. The molecular formula is C35H40ClF4N3O5. The molecule has 1 amide bonds. The Kier molecular flexibility index (Phi) is 11.8. The van der Waals surface area contributed by atoms with Crippen molar-refractivity contribution in [3.05, 3.63) is 91.6 Å². The number of pyridine rings is 1. The van der Waals surface area contributed by atoms with Crippen molar-refractivity contribution in [2.75, 3.05) is 26.7 Å². The Morgan fingerprint density at radius 3 is 2.33 bits per heavy atom. The van der Waals surface area contributed by atoms with E-state index < -0.39 is 53.5 Å². The van der Waals surface area contributed by atoms with E-state index in [-0.39, 0.29) is 47.6 Å². The van der Waals surface area contributed by atoms with Gasteiger partial charge in [-0.3, -0.25) is 19.3 Å². The highest BCUT2D eigenvalue weighted by molar-refractivity contribution is 6.31. The van der Waals surface area contributed by atoms with E-state index in [1.807, 2.05) is 36.9 Å². The molecular weight excluding hydrogens is 654 g/mol. The second kappa shape index (κ2) is 15.2. The second-order valence-corrected chi connectivity index (χ2v) is 13.2. The number of methoxy groups -OCH3 is 1. The minimum Gasteiger partial charge on any atom is -0.481 e. The Morgan fingerprint density at radius 2 is 1.77 bits per heavy atom. The molecule has 1 saturated heterocycles. The summed E-state index contributed by atoms with van der Waals surface area (Å²) in [5, 5.41) is 12.1. The van der Waals surface area contributed by atoms with Crippen LogP contribution in [0.1, 0.15) is 66.6 Å². The van der Waals surface area contributed by atoms with Gasteiger partial charge in [-0.15, -0.1) is 0 Å². The van der Waals surface area contributed by atoms with E-state index >= 15 is 4.39 Å². The van der Waals surface area contributed by atoms with Crippen LogP contribution in [0.3, 0.4) is 0 Å². The third-order valence-electron chi connectivity index (χ3n) is 8.65. The first-order valence-corrected chi connectivity index (χ1v) is 16.0. The van der Waals surface area contributed by atoms with Gasteiger partial charge in [0, 0.05) is 44.6 Å². The van der Waals surface area contributed by atoms with Gasteiger partial charge in [0.05, 0.1) is 29.2 Å². The molecule has 0 radical (unpaired) electrons. The number of aryl methyl sites for hydroxylation is 2. The number of hydrogen-bond acceptors (Lipinski definition) is 5. The maximum absolute atomic E-state index is 15.6. The predicted molar refractivity (Wildman–Crippen MR) is 175 cm³/mol. The SMILES string of the molecule is COC1CN(CCc2cn(C(CC(C)C)C(=O)NC(CC(=O)O)c3cc(-c4c(C)cccc4C)cc(Cl)c3F)c(=O)cc2C(F)(F)F)C1. The number of amides is 1. The first-order chi connectivity index (χ1) is 22.5. The molecule has 1 fully saturated rings. The average molecular weight is 694 g/mol. The predicted octanol–water partition coefficient (Wildman–Crippen LogP) is 6.74. The Bertz CT molecular complexity index is 1700. The van der Waals surface area contributed by atoms with E-state index in [0.29, 0.717) is 24.7 Å². The zero-order chi connectivity index (χ0) is 35.5. The fourth-order valence-electron chi connectivity index (χ4n) is 6.18. The van der Waals surface area contributed by atoms with Gasteiger partial charge >= 0.3 is 12.1 Å². The molecule has 3 aromatic rings. The van der Waals surface area contributed by atoms with Crippen molar-refractivity contribution in [3.63, 3.8) is 0 Å². The smallest absolute Gasteiger partial charge is 0.416 e. The van der Waals surface area contributed by atoms with Gasteiger partial charge in [-0.1, -0.05) is 43.6 Å². The van der Waals surface area contributed by atoms with Crippen LogP contribution in [0.4, 0.5) is 17.6 Å². The molecule has 48 heavy (non-hydrogen) atoms. The molecule has 4 rings (SSSR count). The number of ether oxygens (including phenoxy) is 1. The van der Waals surface area contributed by atoms with Crippen LogP contribution in [0.15, 0.2) is 47.4 Å². The number of rotatable bonds is 13. The minimum atomic E-state index is -4.81. The third-order valence-corrected chi connectivity index (χ3v) is 8.93. The first kappa shape index (κ1) is 37.1. The summed E-state index contributed by atoms with van der Waals surface area (Å²) in [4.78, 5) is 41.1. The zero-order valence-corrected chi connectivity index (χ0v) is 28.2. The van der Waals surface area contributed by atoms with Crippen LogP contribution in [0.5, 0.6) is 0 Å². The maximum atomic E-state index is 15.6. The summed E-state index contributed by atoms with van der Waals surface area (Å²) < 4.78 is 64.0. The number of halogens is 5. The highest BCUT2D eigenvalue weighted by atomic mass is 35.5. The van der Waals surface area contributed by atoms with Gasteiger partial charge in [-0.2, -0.15) is 13.2 Å². The summed E-state index contributed by atoms with van der Waals surface area (Å²) in [6.45, 7) is 8.67. The van der Waals surface area contributed by atoms with Crippen LogP contribution in [0.2, 0.25) is 5.02 Å². The van der Waals surface area contributed by atoms with Crippen molar-refractivity contribution in [2.45, 2.75) is 71.3 Å². The van der Waals surface area contributed by atoms with E-state index in [0.717, 1.165) is 27.5 Å². The first-order valence-electron chi connectivity index (χ1n) is 15.6. The Morgan fingerprint density at radius 1 is 1.12 bits per heavy atom. The number of likely N-dealkylation sites (tertiary alicyclic amines) is 1. The van der Waals surface area contributed by atoms with Crippen molar-refractivity contribution in [2.24, 2.45) is 5.92 Å². The molecule has 2 aromatic carbocycles. The highest BCUT2D eigenvalue weighted by Crippen LogP contribution is 2.36. The minimum absolute atomic E-state index is 0.0000539. The van der Waals surface area contributed by atoms with E-state index in [4.69, 9.17) is 16.3 Å². The van der Waals surface area contributed by atoms with Crippen molar-refractivity contribution >= 4 is 23.5 Å². The number of benzene rings is 2. The molecule has 0 bridgehead atoms. The van der Waals surface area contributed by atoms with Crippen LogP contribution >= 0.6 is 11.6 Å². The van der Waals surface area contributed by atoms with Gasteiger partial charge in [-0.25, -0.2) is 4.39 Å². The van der Waals surface area contributed by atoms with Gasteiger partial charge in [0.15, 0.2) is 0 Å². The number of carbonyl (C=O) groups excluding carboxylic acids is 1. The van der Waals surface area contributed by atoms with Gasteiger partial charge in [0.2, 0.25) is 5.91 Å². The number of nitrogens with one attached hydrogen (secondary N) is 1. The zero-order valence-electron chi connectivity index (χ0n) is 27.5. The van der Waals surface area contributed by atoms with E-state index in [1.165, 1.54) is 12.1 Å². The highest BCUT2D eigenvalue weighted by Gasteiger charge is 2.36. The third kappa shape index (κ3) is 8.64. The summed E-state index contributed by atoms with van der Waals surface area (Å²) >= 11 is 6.31. The quantitative estimate of drug-likeness (QED) is 0.193. The monoisotopic (exact) mass is 693 g/mol. The molecule has 2 heterocycles. The van der Waals surface area contributed by atoms with Crippen LogP contribution in [0, 0.1) is 25.6 Å². The Labute approximate surface area is 281 Å². The van der Waals surface area contributed by atoms with Crippen LogP contribution < -0.4 is 10.9 Å². The van der Waals surface area contributed by atoms with Crippen LogP contribution in [-0.4, -0.2) is 59.3 Å². The molecule has 0 spiro atoms. The molecule has 13 heteroatoms. The maximum Gasteiger partial charge on any atom is 0.416 e. The van der Waals surface area contributed by atoms with Gasteiger partial charge in [0.25, 0.3) is 5.56 Å². The average Bonchev–Trinajstić information content (AvgIpc) is 2.96. The molecule has 2 unspecified atom stereocenters. The van der Waals surface area contributed by atoms with E-state index in [1.54, 1.807) is 21.0 Å². The number of alkyl halides is 3. The van der Waals surface area contributed by atoms with Crippen molar-refractivity contribution in [3.8, 4) is 11.1 Å². The fraction of sp³-hybridized carbons (Fsp3) is 0.457. The van der Waals surface area contributed by atoms with Gasteiger partial charge < -0.3 is 19.7 Å².